The zero-order chi connectivity index (χ0) is 21.8. The lowest BCUT2D eigenvalue weighted by Gasteiger charge is -2.36. The third kappa shape index (κ3) is 4.62. The van der Waals surface area contributed by atoms with E-state index in [1.165, 1.54) is 18.4 Å². The van der Waals surface area contributed by atoms with Crippen LogP contribution in [-0.4, -0.2) is 61.8 Å². The summed E-state index contributed by atoms with van der Waals surface area (Å²) in [6.45, 7) is 6.71. The maximum Gasteiger partial charge on any atom is 0.337 e. The van der Waals surface area contributed by atoms with Gasteiger partial charge in [0, 0.05) is 32.2 Å². The summed E-state index contributed by atoms with van der Waals surface area (Å²) in [5.41, 5.74) is 1.94. The molecule has 3 heterocycles. The van der Waals surface area contributed by atoms with Crippen LogP contribution in [0, 0.1) is 0 Å². The molecule has 31 heavy (non-hydrogen) atoms. The van der Waals surface area contributed by atoms with Gasteiger partial charge in [-0.05, 0) is 36.2 Å². The molecule has 3 aromatic rings. The van der Waals surface area contributed by atoms with Gasteiger partial charge in [0.2, 0.25) is 0 Å². The Labute approximate surface area is 184 Å². The molecule has 1 saturated heterocycles. The molecule has 2 aromatic heterocycles. The van der Waals surface area contributed by atoms with Gasteiger partial charge in [-0.2, -0.15) is 0 Å². The van der Waals surface area contributed by atoms with E-state index in [9.17, 15) is 9.59 Å². The van der Waals surface area contributed by atoms with E-state index >= 15 is 0 Å². The minimum absolute atomic E-state index is 0.175. The number of thiophene rings is 1. The number of nitrogens with zero attached hydrogens (tertiary/aromatic N) is 3. The number of amides is 1. The highest BCUT2D eigenvalue weighted by molar-refractivity contribution is 7.13. The fourth-order valence-corrected chi connectivity index (χ4v) is 4.24. The quantitative estimate of drug-likeness (QED) is 0.586. The number of anilines is 2. The summed E-state index contributed by atoms with van der Waals surface area (Å²) in [7, 11) is 1.33. The predicted octanol–water partition coefficient (Wildman–Crippen LogP) is 3.58. The number of hydrogen-bond donors (Lipinski definition) is 1. The van der Waals surface area contributed by atoms with Crippen molar-refractivity contribution in [2.45, 2.75) is 6.92 Å². The van der Waals surface area contributed by atoms with Crippen LogP contribution in [-0.2, 0) is 4.74 Å². The second kappa shape index (κ2) is 9.32. The lowest BCUT2D eigenvalue weighted by molar-refractivity contribution is 0.0600. The number of methoxy groups -OCH3 is 1. The summed E-state index contributed by atoms with van der Waals surface area (Å²) >= 11 is 1.51. The lowest BCUT2D eigenvalue weighted by Crippen LogP contribution is -2.46. The van der Waals surface area contributed by atoms with Crippen molar-refractivity contribution in [3.63, 3.8) is 0 Å². The van der Waals surface area contributed by atoms with E-state index in [1.807, 2.05) is 23.6 Å². The second-order valence-electron chi connectivity index (χ2n) is 7.15. The van der Waals surface area contributed by atoms with Gasteiger partial charge in [0.15, 0.2) is 11.5 Å². The van der Waals surface area contributed by atoms with Crippen molar-refractivity contribution in [3.8, 4) is 10.6 Å². The Hall–Kier alpha value is -3.17. The molecule has 0 unspecified atom stereocenters. The Kier molecular flexibility index (Phi) is 6.34. The molecule has 1 N–H and O–H groups in total. The first-order chi connectivity index (χ1) is 15.1. The predicted molar refractivity (Wildman–Crippen MR) is 120 cm³/mol. The number of piperazine rings is 1. The van der Waals surface area contributed by atoms with E-state index in [2.05, 4.69) is 27.2 Å². The first-order valence-electron chi connectivity index (χ1n) is 10.1. The first-order valence-corrected chi connectivity index (χ1v) is 11.0. The van der Waals surface area contributed by atoms with Crippen molar-refractivity contribution in [1.82, 2.24) is 10.1 Å². The minimum Gasteiger partial charge on any atom is -0.465 e. The molecule has 9 heteroatoms. The summed E-state index contributed by atoms with van der Waals surface area (Å²) < 4.78 is 10.2. The number of rotatable bonds is 6. The highest BCUT2D eigenvalue weighted by Gasteiger charge is 2.22. The standard InChI is InChI=1S/C22H24N4O4S/c1-3-25-8-10-26(11-9-25)18-7-6-15(22(28)29-2)13-16(18)23-21(27)17-14-19(30-24-17)20-5-4-12-31-20/h4-7,12-14H,3,8-11H2,1-2H3,(H,23,27). The molecule has 0 bridgehead atoms. The van der Waals surface area contributed by atoms with Crippen LogP contribution < -0.4 is 10.2 Å². The molecule has 0 spiro atoms. The number of likely N-dealkylation sites (N-methyl/N-ethyl adjacent to an activating group) is 1. The molecule has 1 aromatic carbocycles. The molecule has 1 aliphatic rings. The number of hydrogen-bond acceptors (Lipinski definition) is 8. The van der Waals surface area contributed by atoms with Crippen LogP contribution in [0.25, 0.3) is 10.6 Å². The van der Waals surface area contributed by atoms with E-state index < -0.39 is 11.9 Å². The first kappa shape index (κ1) is 21.1. The Balaban J connectivity index is 1.59. The number of aromatic nitrogens is 1. The average molecular weight is 441 g/mol. The average Bonchev–Trinajstić information content (AvgIpc) is 3.50. The van der Waals surface area contributed by atoms with Gasteiger partial charge in [0.25, 0.3) is 5.91 Å². The maximum absolute atomic E-state index is 12.9. The summed E-state index contributed by atoms with van der Waals surface area (Å²) in [6.07, 6.45) is 0. The number of carbonyl (C=O) groups excluding carboxylic acids is 2. The van der Waals surface area contributed by atoms with Crippen molar-refractivity contribution in [2.24, 2.45) is 0 Å². The van der Waals surface area contributed by atoms with Gasteiger partial charge in [0.1, 0.15) is 0 Å². The minimum atomic E-state index is -0.459. The van der Waals surface area contributed by atoms with E-state index in [-0.39, 0.29) is 5.69 Å². The SMILES string of the molecule is CCN1CCN(c2ccc(C(=O)OC)cc2NC(=O)c2cc(-c3cccs3)on2)CC1. The normalized spacial score (nSPS) is 14.5. The lowest BCUT2D eigenvalue weighted by atomic mass is 10.1. The van der Waals surface area contributed by atoms with Gasteiger partial charge in [-0.1, -0.05) is 18.1 Å². The Morgan fingerprint density at radius 1 is 1.19 bits per heavy atom. The van der Waals surface area contributed by atoms with Crippen molar-refractivity contribution in [2.75, 3.05) is 50.1 Å². The van der Waals surface area contributed by atoms with E-state index in [4.69, 9.17) is 9.26 Å². The van der Waals surface area contributed by atoms with Crippen LogP contribution in [0.3, 0.4) is 0 Å². The highest BCUT2D eigenvalue weighted by atomic mass is 32.1. The van der Waals surface area contributed by atoms with Crippen LogP contribution in [0.5, 0.6) is 0 Å². The summed E-state index contributed by atoms with van der Waals surface area (Å²) in [5, 5.41) is 8.75. The van der Waals surface area contributed by atoms with Crippen LogP contribution >= 0.6 is 11.3 Å². The Morgan fingerprint density at radius 2 is 2.00 bits per heavy atom. The molecular formula is C22H24N4O4S. The van der Waals surface area contributed by atoms with E-state index in [0.29, 0.717) is 17.0 Å². The molecular weight excluding hydrogens is 416 g/mol. The van der Waals surface area contributed by atoms with Crippen molar-refractivity contribution >= 4 is 34.6 Å². The second-order valence-corrected chi connectivity index (χ2v) is 8.10. The van der Waals surface area contributed by atoms with Gasteiger partial charge in [-0.25, -0.2) is 4.79 Å². The summed E-state index contributed by atoms with van der Waals surface area (Å²) in [4.78, 5) is 30.4. The number of esters is 1. The monoisotopic (exact) mass is 440 g/mol. The Morgan fingerprint density at radius 3 is 2.68 bits per heavy atom. The zero-order valence-corrected chi connectivity index (χ0v) is 18.3. The number of benzene rings is 1. The number of carbonyl (C=O) groups is 2. The third-order valence-corrected chi connectivity index (χ3v) is 6.22. The zero-order valence-electron chi connectivity index (χ0n) is 17.5. The molecule has 162 valence electrons. The highest BCUT2D eigenvalue weighted by Crippen LogP contribution is 2.30. The largest absolute Gasteiger partial charge is 0.465 e. The third-order valence-electron chi connectivity index (χ3n) is 5.33. The van der Waals surface area contributed by atoms with Crippen molar-refractivity contribution in [3.05, 3.63) is 53.0 Å². The van der Waals surface area contributed by atoms with Crippen LogP contribution in [0.4, 0.5) is 11.4 Å². The topological polar surface area (TPSA) is 87.9 Å². The smallest absolute Gasteiger partial charge is 0.337 e. The van der Waals surface area contributed by atoms with E-state index in [1.54, 1.807) is 18.2 Å². The van der Waals surface area contributed by atoms with Crippen LogP contribution in [0.15, 0.2) is 46.3 Å². The number of ether oxygens (including phenoxy) is 1. The molecule has 4 rings (SSSR count). The molecule has 0 aliphatic carbocycles. The fraction of sp³-hybridized carbons (Fsp3) is 0.318. The molecule has 0 radical (unpaired) electrons. The molecule has 8 nitrogen and oxygen atoms in total. The molecule has 1 fully saturated rings. The van der Waals surface area contributed by atoms with Gasteiger partial charge in [0.05, 0.1) is 28.9 Å². The van der Waals surface area contributed by atoms with Crippen LogP contribution in [0.2, 0.25) is 0 Å². The summed E-state index contributed by atoms with van der Waals surface area (Å²) in [6, 6.07) is 10.6. The van der Waals surface area contributed by atoms with Crippen molar-refractivity contribution in [1.29, 1.82) is 0 Å². The van der Waals surface area contributed by atoms with Crippen LogP contribution in [0.1, 0.15) is 27.8 Å². The number of nitrogens with one attached hydrogen (secondary N) is 1. The van der Waals surface area contributed by atoms with Gasteiger partial charge < -0.3 is 24.4 Å². The molecule has 0 saturated carbocycles. The molecule has 1 amide bonds. The van der Waals surface area contributed by atoms with Gasteiger partial charge in [-0.15, -0.1) is 11.3 Å². The van der Waals surface area contributed by atoms with Gasteiger partial charge >= 0.3 is 5.97 Å². The summed E-state index contributed by atoms with van der Waals surface area (Å²) in [5.74, 6) is -0.319. The fourth-order valence-electron chi connectivity index (χ4n) is 3.57. The molecule has 1 aliphatic heterocycles. The Bertz CT molecular complexity index is 1060. The van der Waals surface area contributed by atoms with E-state index in [0.717, 1.165) is 43.3 Å². The molecule has 0 atom stereocenters. The maximum atomic E-state index is 12.9. The van der Waals surface area contributed by atoms with Gasteiger partial charge in [-0.3, -0.25) is 4.79 Å². The van der Waals surface area contributed by atoms with Crippen molar-refractivity contribution < 1.29 is 18.8 Å².